The van der Waals surface area contributed by atoms with Gasteiger partial charge in [0.25, 0.3) is 0 Å². The number of hydrogen-bond acceptors (Lipinski definition) is 3. The highest BCUT2D eigenvalue weighted by atomic mass is 32.2. The Morgan fingerprint density at radius 3 is 2.20 bits per heavy atom. The fourth-order valence-electron chi connectivity index (χ4n) is 1.93. The summed E-state index contributed by atoms with van der Waals surface area (Å²) in [5.41, 5.74) is 2.41. The summed E-state index contributed by atoms with van der Waals surface area (Å²) in [6.45, 7) is 2.08. The van der Waals surface area contributed by atoms with Crippen LogP contribution in [0.25, 0.3) is 0 Å². The molecule has 0 spiro atoms. The van der Waals surface area contributed by atoms with Gasteiger partial charge in [-0.3, -0.25) is 0 Å². The standard InChI is InChI=1S/C16H17NO2S/c1-11(12-5-9-15(20-2)10-6-12)17-14-7-3-13(4-8-14)16(18)19/h3-11,17H,1-2H3,(H,18,19). The van der Waals surface area contributed by atoms with Crippen LogP contribution >= 0.6 is 11.8 Å². The molecule has 4 heteroatoms. The highest BCUT2D eigenvalue weighted by molar-refractivity contribution is 7.98. The van der Waals surface area contributed by atoms with Gasteiger partial charge in [-0.25, -0.2) is 4.79 Å². The normalized spacial score (nSPS) is 11.9. The highest BCUT2D eigenvalue weighted by Gasteiger charge is 2.06. The minimum Gasteiger partial charge on any atom is -0.478 e. The molecule has 104 valence electrons. The van der Waals surface area contributed by atoms with Gasteiger partial charge >= 0.3 is 5.97 Å². The number of thioether (sulfide) groups is 1. The molecule has 1 atom stereocenters. The predicted octanol–water partition coefficient (Wildman–Crippen LogP) is 4.28. The lowest BCUT2D eigenvalue weighted by atomic mass is 10.1. The minimum atomic E-state index is -0.905. The average molecular weight is 287 g/mol. The number of aromatic carboxylic acids is 1. The third-order valence-corrected chi connectivity index (χ3v) is 3.87. The number of anilines is 1. The first-order chi connectivity index (χ1) is 9.60. The van der Waals surface area contributed by atoms with E-state index in [9.17, 15) is 4.79 Å². The van der Waals surface area contributed by atoms with E-state index in [4.69, 9.17) is 5.11 Å². The van der Waals surface area contributed by atoms with Gasteiger partial charge in [-0.15, -0.1) is 11.8 Å². The summed E-state index contributed by atoms with van der Waals surface area (Å²) in [5.74, 6) is -0.905. The van der Waals surface area contributed by atoms with Crippen molar-refractivity contribution in [2.24, 2.45) is 0 Å². The Hall–Kier alpha value is -1.94. The van der Waals surface area contributed by atoms with E-state index in [0.29, 0.717) is 5.56 Å². The molecule has 2 N–H and O–H groups in total. The van der Waals surface area contributed by atoms with E-state index in [1.54, 1.807) is 36.0 Å². The van der Waals surface area contributed by atoms with Crippen LogP contribution < -0.4 is 5.32 Å². The molecule has 0 heterocycles. The van der Waals surface area contributed by atoms with Gasteiger partial charge in [-0.05, 0) is 55.1 Å². The topological polar surface area (TPSA) is 49.3 Å². The van der Waals surface area contributed by atoms with Gasteiger partial charge in [0.05, 0.1) is 5.56 Å². The molecule has 0 saturated heterocycles. The lowest BCUT2D eigenvalue weighted by Crippen LogP contribution is -2.06. The van der Waals surface area contributed by atoms with E-state index >= 15 is 0 Å². The van der Waals surface area contributed by atoms with Crippen molar-refractivity contribution >= 4 is 23.4 Å². The number of carbonyl (C=O) groups is 1. The van der Waals surface area contributed by atoms with E-state index in [0.717, 1.165) is 5.69 Å². The van der Waals surface area contributed by atoms with Crippen LogP contribution in [0.1, 0.15) is 28.9 Å². The van der Waals surface area contributed by atoms with Crippen LogP contribution in [0.15, 0.2) is 53.4 Å². The average Bonchev–Trinajstić information content (AvgIpc) is 2.48. The minimum absolute atomic E-state index is 0.168. The second-order valence-corrected chi connectivity index (χ2v) is 5.40. The van der Waals surface area contributed by atoms with Crippen molar-refractivity contribution in [2.75, 3.05) is 11.6 Å². The molecule has 0 saturated carbocycles. The van der Waals surface area contributed by atoms with Crippen LogP contribution in [0.5, 0.6) is 0 Å². The van der Waals surface area contributed by atoms with E-state index in [-0.39, 0.29) is 6.04 Å². The Morgan fingerprint density at radius 2 is 1.70 bits per heavy atom. The van der Waals surface area contributed by atoms with Crippen molar-refractivity contribution in [3.05, 3.63) is 59.7 Å². The smallest absolute Gasteiger partial charge is 0.335 e. The van der Waals surface area contributed by atoms with Gasteiger partial charge in [0.1, 0.15) is 0 Å². The predicted molar refractivity (Wildman–Crippen MR) is 83.7 cm³/mol. The maximum absolute atomic E-state index is 10.8. The lowest BCUT2D eigenvalue weighted by Gasteiger charge is -2.16. The van der Waals surface area contributed by atoms with E-state index in [2.05, 4.69) is 42.8 Å². The summed E-state index contributed by atoms with van der Waals surface area (Å²) >= 11 is 1.72. The molecular weight excluding hydrogens is 270 g/mol. The van der Waals surface area contributed by atoms with Gasteiger partial charge in [-0.2, -0.15) is 0 Å². The maximum Gasteiger partial charge on any atom is 0.335 e. The maximum atomic E-state index is 10.8. The van der Waals surface area contributed by atoms with Gasteiger partial charge in [0, 0.05) is 16.6 Å². The van der Waals surface area contributed by atoms with Crippen LogP contribution in [0.2, 0.25) is 0 Å². The first-order valence-corrected chi connectivity index (χ1v) is 7.56. The second kappa shape index (κ2) is 6.48. The summed E-state index contributed by atoms with van der Waals surface area (Å²) in [7, 11) is 0. The zero-order valence-corrected chi connectivity index (χ0v) is 12.3. The van der Waals surface area contributed by atoms with E-state index in [1.165, 1.54) is 10.5 Å². The second-order valence-electron chi connectivity index (χ2n) is 4.52. The number of nitrogens with one attached hydrogen (secondary N) is 1. The summed E-state index contributed by atoms with van der Waals surface area (Å²) in [5, 5.41) is 12.2. The Bertz CT molecular complexity index is 578. The molecule has 0 amide bonds. The van der Waals surface area contributed by atoms with E-state index in [1.807, 2.05) is 0 Å². The van der Waals surface area contributed by atoms with Crippen LogP contribution in [0, 0.1) is 0 Å². The summed E-state index contributed by atoms with van der Waals surface area (Å²) < 4.78 is 0. The quantitative estimate of drug-likeness (QED) is 0.806. The Labute approximate surface area is 123 Å². The molecule has 3 nitrogen and oxygen atoms in total. The molecule has 0 fully saturated rings. The van der Waals surface area contributed by atoms with Crippen molar-refractivity contribution < 1.29 is 9.90 Å². The first kappa shape index (κ1) is 14.5. The Kier molecular flexibility index (Phi) is 4.69. The number of carboxylic acids is 1. The molecule has 2 rings (SSSR count). The molecule has 2 aromatic carbocycles. The van der Waals surface area contributed by atoms with Crippen molar-refractivity contribution in [3.63, 3.8) is 0 Å². The van der Waals surface area contributed by atoms with Gasteiger partial charge in [0.15, 0.2) is 0 Å². The first-order valence-electron chi connectivity index (χ1n) is 6.34. The van der Waals surface area contributed by atoms with Crippen LogP contribution in [-0.2, 0) is 0 Å². The van der Waals surface area contributed by atoms with Crippen LogP contribution in [-0.4, -0.2) is 17.3 Å². The molecule has 2 aromatic rings. The number of benzene rings is 2. The Morgan fingerprint density at radius 1 is 1.10 bits per heavy atom. The highest BCUT2D eigenvalue weighted by Crippen LogP contribution is 2.22. The molecule has 1 unspecified atom stereocenters. The summed E-state index contributed by atoms with van der Waals surface area (Å²) in [4.78, 5) is 12.0. The number of rotatable bonds is 5. The monoisotopic (exact) mass is 287 g/mol. The number of carboxylic acid groups (broad SMARTS) is 1. The van der Waals surface area contributed by atoms with Crippen molar-refractivity contribution in [1.82, 2.24) is 0 Å². The molecule has 0 aliphatic rings. The fraction of sp³-hybridized carbons (Fsp3) is 0.188. The largest absolute Gasteiger partial charge is 0.478 e. The zero-order chi connectivity index (χ0) is 14.5. The molecule has 0 aliphatic heterocycles. The molecular formula is C16H17NO2S. The third kappa shape index (κ3) is 3.54. The van der Waals surface area contributed by atoms with Gasteiger partial charge < -0.3 is 10.4 Å². The molecule has 0 bridgehead atoms. The van der Waals surface area contributed by atoms with Crippen molar-refractivity contribution in [3.8, 4) is 0 Å². The van der Waals surface area contributed by atoms with Crippen LogP contribution in [0.3, 0.4) is 0 Å². The summed E-state index contributed by atoms with van der Waals surface area (Å²) in [6.07, 6.45) is 2.06. The number of hydrogen-bond donors (Lipinski definition) is 2. The Balaban J connectivity index is 2.06. The van der Waals surface area contributed by atoms with Gasteiger partial charge in [0.2, 0.25) is 0 Å². The molecule has 20 heavy (non-hydrogen) atoms. The van der Waals surface area contributed by atoms with Gasteiger partial charge in [-0.1, -0.05) is 12.1 Å². The van der Waals surface area contributed by atoms with Crippen LogP contribution in [0.4, 0.5) is 5.69 Å². The SMILES string of the molecule is CSc1ccc(C(C)Nc2ccc(C(=O)O)cc2)cc1. The zero-order valence-electron chi connectivity index (χ0n) is 11.5. The molecule has 0 radical (unpaired) electrons. The lowest BCUT2D eigenvalue weighted by molar-refractivity contribution is 0.0697. The molecule has 0 aromatic heterocycles. The third-order valence-electron chi connectivity index (χ3n) is 3.13. The summed E-state index contributed by atoms with van der Waals surface area (Å²) in [6, 6.07) is 15.4. The van der Waals surface area contributed by atoms with Crippen molar-refractivity contribution in [2.45, 2.75) is 17.9 Å². The molecule has 0 aliphatic carbocycles. The fourth-order valence-corrected chi connectivity index (χ4v) is 2.34. The van der Waals surface area contributed by atoms with Crippen molar-refractivity contribution in [1.29, 1.82) is 0 Å². The van der Waals surface area contributed by atoms with E-state index < -0.39 is 5.97 Å².